The van der Waals surface area contributed by atoms with Gasteiger partial charge in [0.05, 0.1) is 16.4 Å². The lowest BCUT2D eigenvalue weighted by Crippen LogP contribution is -2.27. The molecular weight excluding hydrogens is 307 g/mol. The molecule has 0 aliphatic carbocycles. The molecule has 1 heterocycles. The van der Waals surface area contributed by atoms with Crippen LogP contribution in [0.3, 0.4) is 0 Å². The molecule has 0 saturated carbocycles. The number of anilines is 1. The number of halogens is 2. The molecule has 17 heavy (non-hydrogen) atoms. The summed E-state index contributed by atoms with van der Waals surface area (Å²) in [6.45, 7) is 7.16. The van der Waals surface area contributed by atoms with E-state index in [4.69, 9.17) is 16.3 Å². The first-order valence-corrected chi connectivity index (χ1v) is 6.19. The van der Waals surface area contributed by atoms with Crippen molar-refractivity contribution in [3.05, 3.63) is 21.4 Å². The van der Waals surface area contributed by atoms with E-state index < -0.39 is 11.7 Å². The lowest BCUT2D eigenvalue weighted by molar-refractivity contribution is 0.0636. The Bertz CT molecular complexity index is 444. The molecule has 0 atom stereocenters. The Hall–Kier alpha value is -0.810. The number of ether oxygens (including phenoxy) is 1. The van der Waals surface area contributed by atoms with Crippen molar-refractivity contribution in [1.82, 2.24) is 4.98 Å². The standard InChI is InChI=1S/C11H14BrClN2O2/c1-6-7(13)5-8(9(12)14-6)15-10(16)17-11(2,3)4/h5H,1-4H3,(H,15,16). The topological polar surface area (TPSA) is 51.2 Å². The van der Waals surface area contributed by atoms with Gasteiger partial charge in [-0.2, -0.15) is 0 Å². The average molecular weight is 322 g/mol. The molecule has 0 radical (unpaired) electrons. The van der Waals surface area contributed by atoms with E-state index in [1.807, 2.05) is 0 Å². The van der Waals surface area contributed by atoms with E-state index in [9.17, 15) is 4.79 Å². The Balaban J connectivity index is 2.82. The van der Waals surface area contributed by atoms with Gasteiger partial charge in [-0.25, -0.2) is 9.78 Å². The summed E-state index contributed by atoms with van der Waals surface area (Å²) < 4.78 is 5.64. The minimum absolute atomic E-state index is 0.481. The first-order chi connectivity index (χ1) is 7.69. The highest BCUT2D eigenvalue weighted by Crippen LogP contribution is 2.26. The number of hydrogen-bond acceptors (Lipinski definition) is 3. The molecule has 0 bridgehead atoms. The minimum Gasteiger partial charge on any atom is -0.444 e. The van der Waals surface area contributed by atoms with E-state index >= 15 is 0 Å². The second kappa shape index (κ2) is 5.23. The molecule has 1 aromatic rings. The Morgan fingerprint density at radius 1 is 1.53 bits per heavy atom. The molecule has 1 N–H and O–H groups in total. The third-order valence-electron chi connectivity index (χ3n) is 1.74. The van der Waals surface area contributed by atoms with Crippen molar-refractivity contribution >= 4 is 39.3 Å². The van der Waals surface area contributed by atoms with Gasteiger partial charge in [0.15, 0.2) is 0 Å². The summed E-state index contributed by atoms with van der Waals surface area (Å²) in [4.78, 5) is 15.7. The molecule has 6 heteroatoms. The Morgan fingerprint density at radius 3 is 2.65 bits per heavy atom. The zero-order valence-corrected chi connectivity index (χ0v) is 12.4. The molecule has 4 nitrogen and oxygen atoms in total. The molecule has 0 aliphatic heterocycles. The van der Waals surface area contributed by atoms with Crippen molar-refractivity contribution in [3.8, 4) is 0 Å². The zero-order valence-electron chi connectivity index (χ0n) is 10.1. The Kier molecular flexibility index (Phi) is 4.38. The highest BCUT2D eigenvalue weighted by molar-refractivity contribution is 9.10. The van der Waals surface area contributed by atoms with Crippen LogP contribution in [0.2, 0.25) is 5.02 Å². The number of rotatable bonds is 1. The molecule has 1 aromatic heterocycles. The van der Waals surface area contributed by atoms with E-state index in [-0.39, 0.29) is 0 Å². The fourth-order valence-corrected chi connectivity index (χ4v) is 1.68. The largest absolute Gasteiger partial charge is 0.444 e. The van der Waals surface area contributed by atoms with Crippen molar-refractivity contribution in [2.45, 2.75) is 33.3 Å². The summed E-state index contributed by atoms with van der Waals surface area (Å²) in [5, 5.41) is 3.07. The van der Waals surface area contributed by atoms with E-state index in [1.165, 1.54) is 0 Å². The maximum atomic E-state index is 11.6. The van der Waals surface area contributed by atoms with E-state index in [1.54, 1.807) is 33.8 Å². The third kappa shape index (κ3) is 4.52. The van der Waals surface area contributed by atoms with Crippen LogP contribution in [-0.2, 0) is 4.74 Å². The van der Waals surface area contributed by atoms with Crippen molar-refractivity contribution in [3.63, 3.8) is 0 Å². The number of amides is 1. The second-order valence-corrected chi connectivity index (χ2v) is 5.68. The summed E-state index contributed by atoms with van der Waals surface area (Å²) in [6, 6.07) is 1.62. The van der Waals surface area contributed by atoms with Gasteiger partial charge in [0.2, 0.25) is 0 Å². The number of carbonyl (C=O) groups excluding carboxylic acids is 1. The lowest BCUT2D eigenvalue weighted by Gasteiger charge is -2.20. The van der Waals surface area contributed by atoms with Crippen LogP contribution < -0.4 is 5.32 Å². The number of aromatic nitrogens is 1. The maximum absolute atomic E-state index is 11.6. The molecule has 0 unspecified atom stereocenters. The van der Waals surface area contributed by atoms with Crippen LogP contribution in [-0.4, -0.2) is 16.7 Å². The van der Waals surface area contributed by atoms with Gasteiger partial charge in [0.1, 0.15) is 10.2 Å². The van der Waals surface area contributed by atoms with Gasteiger partial charge in [0, 0.05) is 0 Å². The van der Waals surface area contributed by atoms with E-state index in [0.717, 1.165) is 0 Å². The molecule has 1 amide bonds. The van der Waals surface area contributed by atoms with Crippen LogP contribution >= 0.6 is 27.5 Å². The Morgan fingerprint density at radius 2 is 2.12 bits per heavy atom. The first kappa shape index (κ1) is 14.3. The lowest BCUT2D eigenvalue weighted by atomic mass is 10.2. The fourth-order valence-electron chi connectivity index (χ4n) is 1.05. The molecule has 0 saturated heterocycles. The van der Waals surface area contributed by atoms with Gasteiger partial charge in [-0.3, -0.25) is 5.32 Å². The van der Waals surface area contributed by atoms with Gasteiger partial charge < -0.3 is 4.74 Å². The summed E-state index contributed by atoms with van der Waals surface area (Å²) in [5.41, 5.74) is 0.626. The number of nitrogens with one attached hydrogen (secondary N) is 1. The quantitative estimate of drug-likeness (QED) is 0.790. The first-order valence-electron chi connectivity index (χ1n) is 5.01. The van der Waals surface area contributed by atoms with Crippen molar-refractivity contribution in [2.24, 2.45) is 0 Å². The average Bonchev–Trinajstić information content (AvgIpc) is 2.11. The van der Waals surface area contributed by atoms with Crippen molar-refractivity contribution in [2.75, 3.05) is 5.32 Å². The van der Waals surface area contributed by atoms with Crippen LogP contribution in [0.4, 0.5) is 10.5 Å². The SMILES string of the molecule is Cc1nc(Br)c(NC(=O)OC(C)(C)C)cc1Cl. The smallest absolute Gasteiger partial charge is 0.412 e. The maximum Gasteiger partial charge on any atom is 0.412 e. The van der Waals surface area contributed by atoms with E-state index in [2.05, 4.69) is 26.2 Å². The van der Waals surface area contributed by atoms with Gasteiger partial charge in [-0.1, -0.05) is 11.6 Å². The van der Waals surface area contributed by atoms with Gasteiger partial charge in [-0.15, -0.1) is 0 Å². The predicted molar refractivity (Wildman–Crippen MR) is 71.5 cm³/mol. The number of hydrogen-bond donors (Lipinski definition) is 1. The van der Waals surface area contributed by atoms with Crippen LogP contribution in [0.15, 0.2) is 10.7 Å². The van der Waals surface area contributed by atoms with Crippen LogP contribution in [0.25, 0.3) is 0 Å². The predicted octanol–water partition coefficient (Wildman–Crippen LogP) is 4.15. The zero-order chi connectivity index (χ0) is 13.2. The molecule has 94 valence electrons. The fraction of sp³-hybridized carbons (Fsp3) is 0.455. The van der Waals surface area contributed by atoms with Gasteiger partial charge in [0.25, 0.3) is 0 Å². The molecule has 0 aromatic carbocycles. The monoisotopic (exact) mass is 320 g/mol. The normalized spacial score (nSPS) is 11.2. The van der Waals surface area contributed by atoms with Crippen LogP contribution in [0, 0.1) is 6.92 Å². The molecule has 0 aliphatic rings. The summed E-state index contributed by atoms with van der Waals surface area (Å²) in [6.07, 6.45) is -0.542. The highest BCUT2D eigenvalue weighted by atomic mass is 79.9. The molecule has 0 fully saturated rings. The summed E-state index contributed by atoms with van der Waals surface area (Å²) in [7, 11) is 0. The van der Waals surface area contributed by atoms with E-state index in [0.29, 0.717) is 21.0 Å². The number of nitrogens with zero attached hydrogens (tertiary/aromatic N) is 1. The molecular formula is C11H14BrClN2O2. The minimum atomic E-state index is -0.543. The number of pyridine rings is 1. The van der Waals surface area contributed by atoms with Gasteiger partial charge >= 0.3 is 6.09 Å². The summed E-state index contributed by atoms with van der Waals surface area (Å²) in [5.74, 6) is 0. The molecule has 0 spiro atoms. The van der Waals surface area contributed by atoms with Crippen molar-refractivity contribution < 1.29 is 9.53 Å². The highest BCUT2D eigenvalue weighted by Gasteiger charge is 2.17. The third-order valence-corrected chi connectivity index (χ3v) is 2.73. The van der Waals surface area contributed by atoms with Crippen LogP contribution in [0.1, 0.15) is 26.5 Å². The molecule has 1 rings (SSSR count). The van der Waals surface area contributed by atoms with Gasteiger partial charge in [-0.05, 0) is 49.7 Å². The Labute approximate surface area is 114 Å². The number of aryl methyl sites for hydroxylation is 1. The second-order valence-electron chi connectivity index (χ2n) is 4.52. The van der Waals surface area contributed by atoms with Crippen molar-refractivity contribution in [1.29, 1.82) is 0 Å². The summed E-state index contributed by atoms with van der Waals surface area (Å²) >= 11 is 9.18. The number of carbonyl (C=O) groups is 1. The van der Waals surface area contributed by atoms with Crippen LogP contribution in [0.5, 0.6) is 0 Å².